The number of esters is 1. The average Bonchev–Trinajstić information content (AvgIpc) is 2.98. The summed E-state index contributed by atoms with van der Waals surface area (Å²) in [4.78, 5) is 26.3. The Morgan fingerprint density at radius 3 is 2.36 bits per heavy atom. The predicted octanol–water partition coefficient (Wildman–Crippen LogP) is 4.45. The Hall–Kier alpha value is -3.14. The number of rotatable bonds is 4. The van der Waals surface area contributed by atoms with Crippen LogP contribution in [0, 0.1) is 5.92 Å². The lowest BCUT2D eigenvalue weighted by Crippen LogP contribution is -2.29. The highest BCUT2D eigenvalue weighted by molar-refractivity contribution is 6.23. The quantitative estimate of drug-likeness (QED) is 0.804. The molecular formula is C24H23NO3. The molecule has 0 spiro atoms. The number of hydrogen-bond donors (Lipinski definition) is 1. The van der Waals surface area contributed by atoms with E-state index in [1.165, 1.54) is 0 Å². The monoisotopic (exact) mass is 373 g/mol. The smallest absolute Gasteiger partial charge is 0.336 e. The molecule has 1 N–H and O–H groups in total. The van der Waals surface area contributed by atoms with Crippen molar-refractivity contribution in [1.82, 2.24) is 5.32 Å². The molecule has 0 amide bonds. The van der Waals surface area contributed by atoms with Gasteiger partial charge >= 0.3 is 5.97 Å². The number of benzene rings is 2. The predicted molar refractivity (Wildman–Crippen MR) is 109 cm³/mol. The lowest BCUT2D eigenvalue weighted by Gasteiger charge is -2.29. The van der Waals surface area contributed by atoms with Gasteiger partial charge in [-0.15, -0.1) is 0 Å². The molecule has 0 fully saturated rings. The van der Waals surface area contributed by atoms with E-state index in [0.29, 0.717) is 23.3 Å². The van der Waals surface area contributed by atoms with Gasteiger partial charge in [0.25, 0.3) is 0 Å². The molecule has 2 aliphatic rings. The maximum atomic E-state index is 13.3. The van der Waals surface area contributed by atoms with Crippen LogP contribution in [0.15, 0.2) is 71.4 Å². The van der Waals surface area contributed by atoms with Crippen LogP contribution in [0.1, 0.15) is 48.2 Å². The van der Waals surface area contributed by atoms with E-state index in [-0.39, 0.29) is 17.7 Å². The SMILES string of the molecule is CC1=C(C(=O)OCC(C)C)[C@H](c2ccccc2)C2=C(N1)c1ccccc1C2=O. The Balaban J connectivity index is 1.84. The highest BCUT2D eigenvalue weighted by atomic mass is 16.5. The molecular weight excluding hydrogens is 350 g/mol. The summed E-state index contributed by atoms with van der Waals surface area (Å²) < 4.78 is 5.56. The van der Waals surface area contributed by atoms with Gasteiger partial charge in [-0.05, 0) is 18.4 Å². The molecule has 0 radical (unpaired) electrons. The van der Waals surface area contributed by atoms with Gasteiger partial charge in [0, 0.05) is 28.3 Å². The van der Waals surface area contributed by atoms with E-state index in [2.05, 4.69) is 5.32 Å². The summed E-state index contributed by atoms with van der Waals surface area (Å²) in [5.74, 6) is -0.614. The van der Waals surface area contributed by atoms with Crippen LogP contribution in [0.2, 0.25) is 0 Å². The third kappa shape index (κ3) is 2.95. The van der Waals surface area contributed by atoms with Crippen molar-refractivity contribution in [1.29, 1.82) is 0 Å². The van der Waals surface area contributed by atoms with Gasteiger partial charge < -0.3 is 10.1 Å². The van der Waals surface area contributed by atoms with E-state index < -0.39 is 5.92 Å². The Morgan fingerprint density at radius 2 is 1.68 bits per heavy atom. The van der Waals surface area contributed by atoms with Crippen molar-refractivity contribution in [2.45, 2.75) is 26.7 Å². The summed E-state index contributed by atoms with van der Waals surface area (Å²) in [5, 5.41) is 3.32. The fourth-order valence-electron chi connectivity index (χ4n) is 3.90. The van der Waals surface area contributed by atoms with Gasteiger partial charge in [-0.1, -0.05) is 68.4 Å². The van der Waals surface area contributed by atoms with E-state index in [9.17, 15) is 9.59 Å². The van der Waals surface area contributed by atoms with Gasteiger partial charge in [0.15, 0.2) is 5.78 Å². The summed E-state index contributed by atoms with van der Waals surface area (Å²) in [5.41, 5.74) is 5.12. The zero-order valence-electron chi connectivity index (χ0n) is 16.3. The van der Waals surface area contributed by atoms with Gasteiger partial charge in [-0.2, -0.15) is 0 Å². The standard InChI is InChI=1S/C24H23NO3/c1-14(2)13-28-24(27)19-15(3)25-22-17-11-7-8-12-18(17)23(26)21(22)20(19)16-9-5-4-6-10-16/h4-12,14,20,25H,13H2,1-3H3/t20-/m0/s1. The number of ketones is 1. The highest BCUT2D eigenvalue weighted by Gasteiger charge is 2.42. The average molecular weight is 373 g/mol. The normalized spacial score (nSPS) is 18.1. The molecule has 0 saturated heterocycles. The Labute approximate surface area is 164 Å². The van der Waals surface area contributed by atoms with E-state index in [4.69, 9.17) is 4.74 Å². The number of ether oxygens (including phenoxy) is 1. The number of dihydropyridines is 1. The molecule has 1 aliphatic carbocycles. The van der Waals surface area contributed by atoms with Gasteiger partial charge in [0.2, 0.25) is 0 Å². The zero-order valence-corrected chi connectivity index (χ0v) is 16.3. The molecule has 2 aromatic carbocycles. The van der Waals surface area contributed by atoms with Gasteiger partial charge in [0.1, 0.15) is 0 Å². The van der Waals surface area contributed by atoms with Crippen molar-refractivity contribution in [3.8, 4) is 0 Å². The van der Waals surface area contributed by atoms with Crippen LogP contribution in [0.25, 0.3) is 5.70 Å². The summed E-state index contributed by atoms with van der Waals surface area (Å²) in [7, 11) is 0. The second-order valence-corrected chi connectivity index (χ2v) is 7.66. The molecule has 0 unspecified atom stereocenters. The van der Waals surface area contributed by atoms with Gasteiger partial charge in [-0.25, -0.2) is 4.79 Å². The molecule has 1 atom stereocenters. The van der Waals surface area contributed by atoms with Crippen LogP contribution < -0.4 is 5.32 Å². The van der Waals surface area contributed by atoms with Crippen LogP contribution >= 0.6 is 0 Å². The third-order valence-corrected chi connectivity index (χ3v) is 5.15. The summed E-state index contributed by atoms with van der Waals surface area (Å²) in [6.07, 6.45) is 0. The first kappa shape index (κ1) is 18.2. The van der Waals surface area contributed by atoms with E-state index in [0.717, 1.165) is 22.5 Å². The van der Waals surface area contributed by atoms with Crippen molar-refractivity contribution in [2.75, 3.05) is 6.61 Å². The minimum absolute atomic E-state index is 0.0337. The fraction of sp³-hybridized carbons (Fsp3) is 0.250. The van der Waals surface area contributed by atoms with Crippen LogP contribution in [0.5, 0.6) is 0 Å². The molecule has 4 nitrogen and oxygen atoms in total. The number of carbonyl (C=O) groups is 2. The number of fused-ring (bicyclic) bond motifs is 2. The van der Waals surface area contributed by atoms with Gasteiger partial charge in [-0.3, -0.25) is 4.79 Å². The lowest BCUT2D eigenvalue weighted by atomic mass is 9.80. The zero-order chi connectivity index (χ0) is 19.8. The minimum atomic E-state index is -0.447. The molecule has 1 aliphatic heterocycles. The van der Waals surface area contributed by atoms with Crippen molar-refractivity contribution in [3.63, 3.8) is 0 Å². The number of carbonyl (C=O) groups excluding carboxylic acids is 2. The van der Waals surface area contributed by atoms with Crippen molar-refractivity contribution in [2.24, 2.45) is 5.92 Å². The van der Waals surface area contributed by atoms with Crippen LogP contribution in [-0.2, 0) is 9.53 Å². The molecule has 28 heavy (non-hydrogen) atoms. The van der Waals surface area contributed by atoms with E-state index >= 15 is 0 Å². The highest BCUT2D eigenvalue weighted by Crippen LogP contribution is 2.46. The first-order valence-corrected chi connectivity index (χ1v) is 9.57. The second-order valence-electron chi connectivity index (χ2n) is 7.66. The Bertz CT molecular complexity index is 1020. The maximum Gasteiger partial charge on any atom is 0.336 e. The van der Waals surface area contributed by atoms with Crippen molar-refractivity contribution in [3.05, 3.63) is 88.1 Å². The number of allylic oxidation sites excluding steroid dienone is 2. The molecule has 142 valence electrons. The molecule has 4 rings (SSSR count). The molecule has 0 bridgehead atoms. The summed E-state index contributed by atoms with van der Waals surface area (Å²) in [6.45, 7) is 6.22. The third-order valence-electron chi connectivity index (χ3n) is 5.15. The lowest BCUT2D eigenvalue weighted by molar-refractivity contribution is -0.140. The number of nitrogens with one attached hydrogen (secondary N) is 1. The Morgan fingerprint density at radius 1 is 1.04 bits per heavy atom. The molecule has 1 heterocycles. The fourth-order valence-corrected chi connectivity index (χ4v) is 3.90. The van der Waals surface area contributed by atoms with Crippen molar-refractivity contribution >= 4 is 17.4 Å². The van der Waals surface area contributed by atoms with Crippen molar-refractivity contribution < 1.29 is 14.3 Å². The first-order chi connectivity index (χ1) is 13.5. The van der Waals surface area contributed by atoms with Crippen LogP contribution in [0.4, 0.5) is 0 Å². The molecule has 2 aromatic rings. The van der Waals surface area contributed by atoms with Crippen LogP contribution in [0.3, 0.4) is 0 Å². The second kappa shape index (κ2) is 7.12. The summed E-state index contributed by atoms with van der Waals surface area (Å²) >= 11 is 0. The maximum absolute atomic E-state index is 13.3. The minimum Gasteiger partial charge on any atom is -0.462 e. The van der Waals surface area contributed by atoms with E-state index in [1.807, 2.05) is 75.4 Å². The topological polar surface area (TPSA) is 55.4 Å². The number of Topliss-reactive ketones (excluding diaryl/α,β-unsaturated/α-hetero) is 1. The van der Waals surface area contributed by atoms with Gasteiger partial charge in [0.05, 0.1) is 17.9 Å². The summed E-state index contributed by atoms with van der Waals surface area (Å²) in [6, 6.07) is 17.3. The molecule has 0 aromatic heterocycles. The molecule has 0 saturated carbocycles. The molecule has 4 heteroatoms. The van der Waals surface area contributed by atoms with E-state index in [1.54, 1.807) is 0 Å². The first-order valence-electron chi connectivity index (χ1n) is 9.57. The Kier molecular flexibility index (Phi) is 4.63. The largest absolute Gasteiger partial charge is 0.462 e. The number of hydrogen-bond acceptors (Lipinski definition) is 4. The van der Waals surface area contributed by atoms with Crippen LogP contribution in [-0.4, -0.2) is 18.4 Å².